The summed E-state index contributed by atoms with van der Waals surface area (Å²) in [6, 6.07) is -0.622. The SMILES string of the molecule is CCCCCC(CCC)CN(C)C(CCC(N)=O)C(=O)O. The topological polar surface area (TPSA) is 83.6 Å². The third-order valence-corrected chi connectivity index (χ3v) is 3.94. The second-order valence-electron chi connectivity index (χ2n) is 5.95. The lowest BCUT2D eigenvalue weighted by Gasteiger charge is -2.28. The van der Waals surface area contributed by atoms with Gasteiger partial charge in [-0.05, 0) is 32.2 Å². The first-order valence-corrected chi connectivity index (χ1v) is 8.13. The molecule has 0 aromatic heterocycles. The number of amides is 1. The van der Waals surface area contributed by atoms with Crippen LogP contribution in [-0.4, -0.2) is 41.5 Å². The molecule has 0 aliphatic carbocycles. The summed E-state index contributed by atoms with van der Waals surface area (Å²) in [4.78, 5) is 24.1. The summed E-state index contributed by atoms with van der Waals surface area (Å²) in [5.74, 6) is -0.785. The number of nitrogens with two attached hydrogens (primary N) is 1. The number of hydrogen-bond donors (Lipinski definition) is 2. The molecule has 0 aromatic rings. The van der Waals surface area contributed by atoms with Gasteiger partial charge in [0.2, 0.25) is 5.91 Å². The molecule has 0 heterocycles. The standard InChI is InChI=1S/C16H32N2O3/c1-4-6-7-9-13(8-5-2)12-18(3)14(16(20)21)10-11-15(17)19/h13-14H,4-12H2,1-3H3,(H2,17,19)(H,20,21). The number of rotatable bonds is 13. The molecular weight excluding hydrogens is 268 g/mol. The Morgan fingerprint density at radius 3 is 2.24 bits per heavy atom. The van der Waals surface area contributed by atoms with Crippen LogP contribution in [0.2, 0.25) is 0 Å². The Hall–Kier alpha value is -1.10. The summed E-state index contributed by atoms with van der Waals surface area (Å²) < 4.78 is 0. The molecular formula is C16H32N2O3. The average Bonchev–Trinajstić information content (AvgIpc) is 2.38. The van der Waals surface area contributed by atoms with Crippen LogP contribution in [0, 0.1) is 5.92 Å². The van der Waals surface area contributed by atoms with Crippen molar-refractivity contribution in [1.29, 1.82) is 0 Å². The summed E-state index contributed by atoms with van der Waals surface area (Å²) >= 11 is 0. The first-order valence-electron chi connectivity index (χ1n) is 8.13. The number of aliphatic carboxylic acids is 1. The van der Waals surface area contributed by atoms with Crippen LogP contribution >= 0.6 is 0 Å². The molecule has 124 valence electrons. The van der Waals surface area contributed by atoms with E-state index in [1.807, 2.05) is 11.9 Å². The van der Waals surface area contributed by atoms with Crippen molar-refractivity contribution in [2.24, 2.45) is 11.7 Å². The summed E-state index contributed by atoms with van der Waals surface area (Å²) in [6.07, 6.45) is 7.42. The van der Waals surface area contributed by atoms with Crippen LogP contribution in [0.25, 0.3) is 0 Å². The number of carbonyl (C=O) groups is 2. The van der Waals surface area contributed by atoms with Gasteiger partial charge in [0.05, 0.1) is 0 Å². The van der Waals surface area contributed by atoms with Crippen molar-refractivity contribution >= 4 is 11.9 Å². The molecule has 0 rings (SSSR count). The van der Waals surface area contributed by atoms with E-state index in [4.69, 9.17) is 5.73 Å². The van der Waals surface area contributed by atoms with Crippen molar-refractivity contribution in [2.75, 3.05) is 13.6 Å². The van der Waals surface area contributed by atoms with E-state index in [0.717, 1.165) is 25.8 Å². The van der Waals surface area contributed by atoms with E-state index in [-0.39, 0.29) is 12.8 Å². The molecule has 0 bridgehead atoms. The van der Waals surface area contributed by atoms with Gasteiger partial charge in [0, 0.05) is 13.0 Å². The molecule has 0 spiro atoms. The van der Waals surface area contributed by atoms with Crippen LogP contribution in [0.1, 0.15) is 65.2 Å². The Bertz CT molecular complexity index is 308. The molecule has 3 N–H and O–H groups in total. The fourth-order valence-corrected chi connectivity index (χ4v) is 2.76. The zero-order valence-electron chi connectivity index (χ0n) is 13.8. The van der Waals surface area contributed by atoms with E-state index < -0.39 is 17.9 Å². The second kappa shape index (κ2) is 11.5. The molecule has 1 amide bonds. The van der Waals surface area contributed by atoms with Crippen LogP contribution in [0.5, 0.6) is 0 Å². The molecule has 21 heavy (non-hydrogen) atoms. The normalized spacial score (nSPS) is 14.1. The fraction of sp³-hybridized carbons (Fsp3) is 0.875. The van der Waals surface area contributed by atoms with Crippen molar-refractivity contribution in [3.05, 3.63) is 0 Å². The summed E-state index contributed by atoms with van der Waals surface area (Å²) in [6.45, 7) is 5.12. The maximum absolute atomic E-state index is 11.4. The van der Waals surface area contributed by atoms with Crippen molar-refractivity contribution in [3.63, 3.8) is 0 Å². The van der Waals surface area contributed by atoms with E-state index in [0.29, 0.717) is 5.92 Å². The highest BCUT2D eigenvalue weighted by Crippen LogP contribution is 2.19. The third-order valence-electron chi connectivity index (χ3n) is 3.94. The molecule has 0 saturated carbocycles. The molecule has 0 aliphatic rings. The molecule has 0 aliphatic heterocycles. The predicted octanol–water partition coefficient (Wildman–Crippen LogP) is 2.63. The molecule has 5 nitrogen and oxygen atoms in total. The van der Waals surface area contributed by atoms with Gasteiger partial charge in [-0.2, -0.15) is 0 Å². The van der Waals surface area contributed by atoms with E-state index in [1.165, 1.54) is 19.3 Å². The monoisotopic (exact) mass is 300 g/mol. The molecule has 0 saturated heterocycles. The van der Waals surface area contributed by atoms with Gasteiger partial charge in [-0.3, -0.25) is 14.5 Å². The highest BCUT2D eigenvalue weighted by atomic mass is 16.4. The Labute approximate surface area is 128 Å². The van der Waals surface area contributed by atoms with Crippen molar-refractivity contribution in [2.45, 2.75) is 71.3 Å². The number of carboxylic acid groups (broad SMARTS) is 1. The summed E-state index contributed by atoms with van der Waals surface area (Å²) in [5.41, 5.74) is 5.12. The minimum absolute atomic E-state index is 0.121. The van der Waals surface area contributed by atoms with Gasteiger partial charge >= 0.3 is 5.97 Å². The fourth-order valence-electron chi connectivity index (χ4n) is 2.76. The van der Waals surface area contributed by atoms with Gasteiger partial charge < -0.3 is 10.8 Å². The zero-order valence-corrected chi connectivity index (χ0v) is 13.8. The van der Waals surface area contributed by atoms with Crippen LogP contribution < -0.4 is 5.73 Å². The maximum Gasteiger partial charge on any atom is 0.320 e. The largest absolute Gasteiger partial charge is 0.480 e. The number of hydrogen-bond acceptors (Lipinski definition) is 3. The van der Waals surface area contributed by atoms with Gasteiger partial charge in [-0.1, -0.05) is 39.5 Å². The van der Waals surface area contributed by atoms with E-state index in [1.54, 1.807) is 0 Å². The van der Waals surface area contributed by atoms with E-state index in [2.05, 4.69) is 13.8 Å². The first-order chi connectivity index (χ1) is 9.92. The van der Waals surface area contributed by atoms with Crippen molar-refractivity contribution in [1.82, 2.24) is 4.90 Å². The third kappa shape index (κ3) is 9.45. The minimum atomic E-state index is -0.873. The second-order valence-corrected chi connectivity index (χ2v) is 5.95. The smallest absolute Gasteiger partial charge is 0.320 e. The lowest BCUT2D eigenvalue weighted by atomic mass is 9.95. The van der Waals surface area contributed by atoms with E-state index in [9.17, 15) is 14.7 Å². The van der Waals surface area contributed by atoms with Crippen molar-refractivity contribution < 1.29 is 14.7 Å². The lowest BCUT2D eigenvalue weighted by Crippen LogP contribution is -2.41. The lowest BCUT2D eigenvalue weighted by molar-refractivity contribution is -0.143. The van der Waals surface area contributed by atoms with Gasteiger partial charge in [-0.25, -0.2) is 0 Å². The molecule has 2 unspecified atom stereocenters. The number of nitrogens with zero attached hydrogens (tertiary/aromatic N) is 1. The van der Waals surface area contributed by atoms with Gasteiger partial charge in [0.15, 0.2) is 0 Å². The Kier molecular flexibility index (Phi) is 10.9. The number of primary amides is 1. The minimum Gasteiger partial charge on any atom is -0.480 e. The number of unbranched alkanes of at least 4 members (excludes halogenated alkanes) is 2. The average molecular weight is 300 g/mol. The Morgan fingerprint density at radius 2 is 1.76 bits per heavy atom. The van der Waals surface area contributed by atoms with Crippen LogP contribution in [0.4, 0.5) is 0 Å². The summed E-state index contributed by atoms with van der Waals surface area (Å²) in [5, 5.41) is 9.32. The quantitative estimate of drug-likeness (QED) is 0.512. The molecule has 5 heteroatoms. The summed E-state index contributed by atoms with van der Waals surface area (Å²) in [7, 11) is 1.84. The first kappa shape index (κ1) is 19.9. The number of carboxylic acids is 1. The number of likely N-dealkylation sites (N-methyl/N-ethyl adjacent to an activating group) is 1. The Morgan fingerprint density at radius 1 is 1.10 bits per heavy atom. The Balaban J connectivity index is 4.47. The maximum atomic E-state index is 11.4. The molecule has 0 aromatic carbocycles. The van der Waals surface area contributed by atoms with Crippen LogP contribution in [-0.2, 0) is 9.59 Å². The highest BCUT2D eigenvalue weighted by Gasteiger charge is 2.24. The van der Waals surface area contributed by atoms with Gasteiger partial charge in [0.1, 0.15) is 6.04 Å². The van der Waals surface area contributed by atoms with Gasteiger partial charge in [0.25, 0.3) is 0 Å². The van der Waals surface area contributed by atoms with E-state index >= 15 is 0 Å². The van der Waals surface area contributed by atoms with Gasteiger partial charge in [-0.15, -0.1) is 0 Å². The van der Waals surface area contributed by atoms with Crippen molar-refractivity contribution in [3.8, 4) is 0 Å². The molecule has 0 radical (unpaired) electrons. The van der Waals surface area contributed by atoms with Crippen LogP contribution in [0.15, 0.2) is 0 Å². The number of carbonyl (C=O) groups excluding carboxylic acids is 1. The molecule has 0 fully saturated rings. The zero-order chi connectivity index (χ0) is 16.3. The molecule has 2 atom stereocenters. The highest BCUT2D eigenvalue weighted by molar-refractivity contribution is 5.77. The van der Waals surface area contributed by atoms with Crippen LogP contribution in [0.3, 0.4) is 0 Å². The predicted molar refractivity (Wildman–Crippen MR) is 85.0 cm³/mol.